The fourth-order valence-electron chi connectivity index (χ4n) is 3.76. The smallest absolute Gasteiger partial charge is 0.254 e. The number of hydrogen-bond donors (Lipinski definition) is 1. The lowest BCUT2D eigenvalue weighted by Gasteiger charge is -2.27. The molecule has 0 unspecified atom stereocenters. The lowest BCUT2D eigenvalue weighted by molar-refractivity contribution is 0.0303. The number of H-pyrrole nitrogens is 1. The first-order valence-electron chi connectivity index (χ1n) is 9.88. The van der Waals surface area contributed by atoms with Crippen LogP contribution in [-0.4, -0.2) is 52.3 Å². The summed E-state index contributed by atoms with van der Waals surface area (Å²) in [5.41, 5.74) is 4.34. The zero-order valence-electron chi connectivity index (χ0n) is 16.4. The number of pyridine rings is 1. The fraction of sp³-hybridized carbons (Fsp3) is 0.174. The van der Waals surface area contributed by atoms with Gasteiger partial charge in [0.2, 0.25) is 0 Å². The molecule has 1 N–H and O–H groups in total. The predicted molar refractivity (Wildman–Crippen MR) is 122 cm³/mol. The Morgan fingerprint density at radius 3 is 2.52 bits per heavy atom. The third-order valence-corrected chi connectivity index (χ3v) is 5.99. The highest BCUT2D eigenvalue weighted by Gasteiger charge is 2.20. The maximum Gasteiger partial charge on any atom is 0.254 e. The number of aromatic nitrogens is 3. The second-order valence-corrected chi connectivity index (χ2v) is 8.09. The number of carbonyl (C=O) groups excluding carboxylic acids is 1. The molecule has 5 rings (SSSR count). The minimum absolute atomic E-state index is 0.00559. The summed E-state index contributed by atoms with van der Waals surface area (Å²) < 4.78 is 5.35. The molecule has 0 spiro atoms. The standard InChI is InChI=1S/C23H18Cl2N4O2/c24-18-5-2-6-19(25)20(18)21-17-12-16(13-26-22(17)28-27-21)14-3-1-4-15(11-14)23(30)29-7-9-31-10-8-29/h1-6,11-13H,7-10H2,(H,26,27,28). The van der Waals surface area contributed by atoms with Crippen molar-refractivity contribution in [2.75, 3.05) is 26.3 Å². The molecule has 0 bridgehead atoms. The Hall–Kier alpha value is -2.93. The van der Waals surface area contributed by atoms with E-state index in [1.165, 1.54) is 0 Å². The lowest BCUT2D eigenvalue weighted by atomic mass is 10.0. The molecule has 0 saturated carbocycles. The van der Waals surface area contributed by atoms with Crippen LogP contribution in [0.25, 0.3) is 33.4 Å². The van der Waals surface area contributed by atoms with Crippen molar-refractivity contribution in [1.82, 2.24) is 20.1 Å². The second kappa shape index (κ2) is 8.30. The molecule has 3 heterocycles. The van der Waals surface area contributed by atoms with Gasteiger partial charge in [0.15, 0.2) is 5.65 Å². The van der Waals surface area contributed by atoms with Gasteiger partial charge in [0.1, 0.15) is 5.69 Å². The fourth-order valence-corrected chi connectivity index (χ4v) is 4.33. The van der Waals surface area contributed by atoms with E-state index in [-0.39, 0.29) is 5.91 Å². The molecule has 1 amide bonds. The molecular weight excluding hydrogens is 435 g/mol. The normalized spacial score (nSPS) is 14.2. The van der Waals surface area contributed by atoms with E-state index in [2.05, 4.69) is 15.2 Å². The second-order valence-electron chi connectivity index (χ2n) is 7.27. The van der Waals surface area contributed by atoms with E-state index in [9.17, 15) is 4.79 Å². The minimum atomic E-state index is 0.00559. The summed E-state index contributed by atoms with van der Waals surface area (Å²) in [6.07, 6.45) is 1.76. The Morgan fingerprint density at radius 2 is 1.74 bits per heavy atom. The van der Waals surface area contributed by atoms with Crippen molar-refractivity contribution in [3.63, 3.8) is 0 Å². The molecule has 1 aliphatic rings. The molecule has 2 aromatic carbocycles. The van der Waals surface area contributed by atoms with Crippen LogP contribution in [0.4, 0.5) is 0 Å². The minimum Gasteiger partial charge on any atom is -0.378 e. The lowest BCUT2D eigenvalue weighted by Crippen LogP contribution is -2.40. The topological polar surface area (TPSA) is 71.1 Å². The molecule has 1 aliphatic heterocycles. The van der Waals surface area contributed by atoms with Crippen LogP contribution in [0.5, 0.6) is 0 Å². The summed E-state index contributed by atoms with van der Waals surface area (Å²) in [7, 11) is 0. The summed E-state index contributed by atoms with van der Waals surface area (Å²) in [5.74, 6) is 0.00559. The molecule has 1 saturated heterocycles. The van der Waals surface area contributed by atoms with Gasteiger partial charge in [0, 0.05) is 41.4 Å². The number of aromatic amines is 1. The number of amides is 1. The highest BCUT2D eigenvalue weighted by atomic mass is 35.5. The third-order valence-electron chi connectivity index (χ3n) is 5.36. The number of halogens is 2. The van der Waals surface area contributed by atoms with Gasteiger partial charge in [-0.2, -0.15) is 5.10 Å². The Labute approximate surface area is 188 Å². The van der Waals surface area contributed by atoms with Gasteiger partial charge in [-0.3, -0.25) is 9.89 Å². The number of carbonyl (C=O) groups is 1. The number of hydrogen-bond acceptors (Lipinski definition) is 4. The summed E-state index contributed by atoms with van der Waals surface area (Å²) >= 11 is 12.8. The van der Waals surface area contributed by atoms with Gasteiger partial charge in [0.25, 0.3) is 5.91 Å². The molecular formula is C23H18Cl2N4O2. The average Bonchev–Trinajstić information content (AvgIpc) is 3.22. The van der Waals surface area contributed by atoms with Crippen molar-refractivity contribution < 1.29 is 9.53 Å². The maximum absolute atomic E-state index is 12.9. The van der Waals surface area contributed by atoms with Gasteiger partial charge in [-0.1, -0.05) is 41.4 Å². The maximum atomic E-state index is 12.9. The van der Waals surface area contributed by atoms with Gasteiger partial charge >= 0.3 is 0 Å². The van der Waals surface area contributed by atoms with E-state index in [1.807, 2.05) is 35.2 Å². The van der Waals surface area contributed by atoms with E-state index in [4.69, 9.17) is 27.9 Å². The molecule has 1 fully saturated rings. The van der Waals surface area contributed by atoms with Crippen molar-refractivity contribution in [3.05, 3.63) is 70.3 Å². The van der Waals surface area contributed by atoms with Crippen molar-refractivity contribution in [3.8, 4) is 22.4 Å². The van der Waals surface area contributed by atoms with Crippen LogP contribution in [0.2, 0.25) is 10.0 Å². The first-order valence-corrected chi connectivity index (χ1v) is 10.6. The van der Waals surface area contributed by atoms with E-state index >= 15 is 0 Å². The highest BCUT2D eigenvalue weighted by Crippen LogP contribution is 2.37. The van der Waals surface area contributed by atoms with Crippen LogP contribution in [0.15, 0.2) is 54.7 Å². The highest BCUT2D eigenvalue weighted by molar-refractivity contribution is 6.39. The number of nitrogens with zero attached hydrogens (tertiary/aromatic N) is 3. The SMILES string of the molecule is O=C(c1cccc(-c2cnc3[nH]nc(-c4c(Cl)cccc4Cl)c3c2)c1)N1CCOCC1. The number of nitrogens with one attached hydrogen (secondary N) is 1. The zero-order chi connectivity index (χ0) is 21.4. The van der Waals surface area contributed by atoms with Crippen LogP contribution in [0, 0.1) is 0 Å². The third kappa shape index (κ3) is 3.78. The summed E-state index contributed by atoms with van der Waals surface area (Å²) in [5, 5.41) is 9.18. The summed E-state index contributed by atoms with van der Waals surface area (Å²) in [6, 6.07) is 14.9. The monoisotopic (exact) mass is 452 g/mol. The molecule has 0 aliphatic carbocycles. The predicted octanol–water partition coefficient (Wildman–Crippen LogP) is 5.07. The number of benzene rings is 2. The first kappa shape index (κ1) is 20.0. The summed E-state index contributed by atoms with van der Waals surface area (Å²) in [4.78, 5) is 19.2. The molecule has 0 atom stereocenters. The van der Waals surface area contributed by atoms with Gasteiger partial charge in [-0.25, -0.2) is 4.98 Å². The number of fused-ring (bicyclic) bond motifs is 1. The van der Waals surface area contributed by atoms with Gasteiger partial charge in [-0.15, -0.1) is 0 Å². The molecule has 2 aromatic heterocycles. The Morgan fingerprint density at radius 1 is 1.00 bits per heavy atom. The van der Waals surface area contributed by atoms with E-state index in [1.54, 1.807) is 24.4 Å². The molecule has 8 heteroatoms. The molecule has 6 nitrogen and oxygen atoms in total. The van der Waals surface area contributed by atoms with Crippen LogP contribution in [0.3, 0.4) is 0 Å². The van der Waals surface area contributed by atoms with E-state index < -0.39 is 0 Å². The average molecular weight is 453 g/mol. The van der Waals surface area contributed by atoms with Crippen molar-refractivity contribution in [2.45, 2.75) is 0 Å². The number of ether oxygens (including phenoxy) is 1. The Kier molecular flexibility index (Phi) is 5.36. The zero-order valence-corrected chi connectivity index (χ0v) is 18.0. The number of morpholine rings is 1. The Balaban J connectivity index is 1.55. The van der Waals surface area contributed by atoms with E-state index in [0.29, 0.717) is 58.8 Å². The summed E-state index contributed by atoms with van der Waals surface area (Å²) in [6.45, 7) is 2.35. The van der Waals surface area contributed by atoms with Crippen LogP contribution >= 0.6 is 23.2 Å². The Bertz CT molecular complexity index is 1260. The van der Waals surface area contributed by atoms with Crippen LogP contribution in [0.1, 0.15) is 10.4 Å². The number of rotatable bonds is 3. The largest absolute Gasteiger partial charge is 0.378 e. The van der Waals surface area contributed by atoms with Gasteiger partial charge in [0.05, 0.1) is 23.3 Å². The van der Waals surface area contributed by atoms with Crippen molar-refractivity contribution >= 4 is 40.1 Å². The van der Waals surface area contributed by atoms with Crippen molar-refractivity contribution in [1.29, 1.82) is 0 Å². The molecule has 31 heavy (non-hydrogen) atoms. The first-order chi connectivity index (χ1) is 15.1. The quantitative estimate of drug-likeness (QED) is 0.470. The van der Waals surface area contributed by atoms with Gasteiger partial charge < -0.3 is 9.64 Å². The molecule has 0 radical (unpaired) electrons. The van der Waals surface area contributed by atoms with Crippen molar-refractivity contribution in [2.24, 2.45) is 0 Å². The molecule has 4 aromatic rings. The van der Waals surface area contributed by atoms with E-state index in [0.717, 1.165) is 16.5 Å². The van der Waals surface area contributed by atoms with Crippen LogP contribution < -0.4 is 0 Å². The van der Waals surface area contributed by atoms with Gasteiger partial charge in [-0.05, 0) is 35.9 Å². The molecule has 156 valence electrons. The van der Waals surface area contributed by atoms with Crippen LogP contribution in [-0.2, 0) is 4.74 Å².